The second-order valence-electron chi connectivity index (χ2n) is 0.560. The fraction of sp³-hybridized carbons (Fsp3) is 0. The maximum Gasteiger partial charge on any atom is 1.00 e. The van der Waals surface area contributed by atoms with E-state index < -0.39 is 0 Å². The van der Waals surface area contributed by atoms with Crippen molar-refractivity contribution < 1.29 is 106 Å². The SMILES string of the molecule is [H-].[H-].[K+].[K+].c1nn[nH]n1. The molecule has 0 aliphatic carbocycles. The van der Waals surface area contributed by atoms with Gasteiger partial charge in [-0.15, -0.1) is 10.2 Å². The van der Waals surface area contributed by atoms with E-state index >= 15 is 0 Å². The quantitative estimate of drug-likeness (QED) is 0.374. The molecule has 0 unspecified atom stereocenters. The van der Waals surface area contributed by atoms with Gasteiger partial charge in [-0.05, 0) is 0 Å². The van der Waals surface area contributed by atoms with Gasteiger partial charge in [-0.1, -0.05) is 5.21 Å². The van der Waals surface area contributed by atoms with Crippen LogP contribution in [0.5, 0.6) is 0 Å². The van der Waals surface area contributed by atoms with Crippen LogP contribution in [0.4, 0.5) is 0 Å². The summed E-state index contributed by atoms with van der Waals surface area (Å²) in [5, 5.41) is 12.2. The van der Waals surface area contributed by atoms with Crippen LogP contribution in [0.2, 0.25) is 0 Å². The van der Waals surface area contributed by atoms with Crippen molar-refractivity contribution in [2.45, 2.75) is 0 Å². The molecule has 0 saturated heterocycles. The van der Waals surface area contributed by atoms with Gasteiger partial charge in [-0.25, -0.2) is 0 Å². The summed E-state index contributed by atoms with van der Waals surface area (Å²) in [6.07, 6.45) is 1.33. The van der Waals surface area contributed by atoms with Crippen LogP contribution in [0.1, 0.15) is 2.85 Å². The number of nitrogens with one attached hydrogen (secondary N) is 1. The molecule has 1 aromatic rings. The average Bonchev–Trinajstić information content (AvgIpc) is 1.76. The van der Waals surface area contributed by atoms with Crippen LogP contribution in [-0.4, -0.2) is 20.6 Å². The van der Waals surface area contributed by atoms with E-state index in [4.69, 9.17) is 0 Å². The summed E-state index contributed by atoms with van der Waals surface area (Å²) in [7, 11) is 0. The average molecular weight is 150 g/mol. The van der Waals surface area contributed by atoms with E-state index in [1.807, 2.05) is 0 Å². The molecule has 0 radical (unpaired) electrons. The van der Waals surface area contributed by atoms with Gasteiger partial charge in [-0.2, -0.15) is 5.21 Å². The van der Waals surface area contributed by atoms with Gasteiger partial charge in [-0.3, -0.25) is 0 Å². The first-order valence-corrected chi connectivity index (χ1v) is 1.16. The number of nitrogens with zero attached hydrogens (tertiary/aromatic N) is 3. The molecule has 0 atom stereocenters. The summed E-state index contributed by atoms with van der Waals surface area (Å²) in [6, 6.07) is 0. The third kappa shape index (κ3) is 6.23. The van der Waals surface area contributed by atoms with Crippen LogP contribution in [0.15, 0.2) is 6.33 Å². The van der Waals surface area contributed by atoms with E-state index in [1.54, 1.807) is 0 Å². The Morgan fingerprint density at radius 2 is 2.14 bits per heavy atom. The molecule has 0 spiro atoms. The standard InChI is InChI=1S/CH2N4.2K.2H/c1-2-4-5-3-1;;;;/h1H,(H,2,3,4,5);;;;/q;2*+1;2*-1. The molecule has 0 aliphatic rings. The zero-order valence-electron chi connectivity index (χ0n) is 6.42. The van der Waals surface area contributed by atoms with Gasteiger partial charge in [0.05, 0.1) is 0 Å². The Morgan fingerprint density at radius 3 is 2.29 bits per heavy atom. The van der Waals surface area contributed by atoms with Crippen LogP contribution < -0.4 is 103 Å². The molecule has 0 saturated carbocycles. The van der Waals surface area contributed by atoms with E-state index in [2.05, 4.69) is 20.6 Å². The van der Waals surface area contributed by atoms with Gasteiger partial charge in [0.15, 0.2) is 6.33 Å². The molecule has 7 heavy (non-hydrogen) atoms. The summed E-state index contributed by atoms with van der Waals surface area (Å²) in [4.78, 5) is 0. The molecule has 6 heteroatoms. The number of tetrazole rings is 1. The number of hydrogen-bond acceptors (Lipinski definition) is 3. The number of aromatic nitrogens is 4. The third-order valence-electron chi connectivity index (χ3n) is 0.270. The summed E-state index contributed by atoms with van der Waals surface area (Å²) in [5.74, 6) is 0. The molecule has 0 aromatic carbocycles. The minimum Gasteiger partial charge on any atom is -1.00 e. The number of hydrogen-bond donors (Lipinski definition) is 1. The fourth-order valence-corrected chi connectivity index (χ4v) is 0.129. The molecule has 0 bridgehead atoms. The Morgan fingerprint density at radius 1 is 1.43 bits per heavy atom. The number of rotatable bonds is 0. The summed E-state index contributed by atoms with van der Waals surface area (Å²) < 4.78 is 0. The molecular weight excluding hydrogens is 146 g/mol. The van der Waals surface area contributed by atoms with Crippen molar-refractivity contribution in [2.24, 2.45) is 0 Å². The van der Waals surface area contributed by atoms with E-state index in [1.165, 1.54) is 6.33 Å². The van der Waals surface area contributed by atoms with Crippen molar-refractivity contribution in [3.05, 3.63) is 6.33 Å². The van der Waals surface area contributed by atoms with Crippen LogP contribution in [0.3, 0.4) is 0 Å². The summed E-state index contributed by atoms with van der Waals surface area (Å²) in [5.41, 5.74) is 0. The molecule has 0 aliphatic heterocycles. The first kappa shape index (κ1) is 12.1. The molecule has 1 N–H and O–H groups in total. The molecule has 30 valence electrons. The number of aromatic amines is 1. The van der Waals surface area contributed by atoms with E-state index in [0.717, 1.165) is 0 Å². The van der Waals surface area contributed by atoms with Gasteiger partial charge >= 0.3 is 103 Å². The Hall–Kier alpha value is 2.34. The first-order chi connectivity index (χ1) is 2.50. The summed E-state index contributed by atoms with van der Waals surface area (Å²) in [6.45, 7) is 0. The molecule has 0 fully saturated rings. The Balaban J connectivity index is -0.0000000312. The van der Waals surface area contributed by atoms with Gasteiger partial charge in [0, 0.05) is 0 Å². The molecule has 1 aromatic heterocycles. The topological polar surface area (TPSA) is 54.5 Å². The molecule has 4 nitrogen and oxygen atoms in total. The van der Waals surface area contributed by atoms with Crippen molar-refractivity contribution in [1.29, 1.82) is 0 Å². The fourth-order valence-electron chi connectivity index (χ4n) is 0.129. The van der Waals surface area contributed by atoms with Crippen molar-refractivity contribution in [3.8, 4) is 0 Å². The minimum atomic E-state index is 0. The van der Waals surface area contributed by atoms with Crippen LogP contribution in [0.25, 0.3) is 0 Å². The van der Waals surface area contributed by atoms with Crippen LogP contribution in [-0.2, 0) is 0 Å². The predicted octanol–water partition coefficient (Wildman–Crippen LogP) is -6.57. The minimum absolute atomic E-state index is 0. The second-order valence-corrected chi connectivity index (χ2v) is 0.560. The number of H-pyrrole nitrogens is 1. The maximum atomic E-state index is 3.38. The largest absolute Gasteiger partial charge is 1.00 e. The van der Waals surface area contributed by atoms with Gasteiger partial charge in [0.1, 0.15) is 0 Å². The molecule has 1 heterocycles. The van der Waals surface area contributed by atoms with Gasteiger partial charge in [0.25, 0.3) is 0 Å². The van der Waals surface area contributed by atoms with Crippen LogP contribution in [0, 0.1) is 0 Å². The summed E-state index contributed by atoms with van der Waals surface area (Å²) >= 11 is 0. The Kier molecular flexibility index (Phi) is 14.4. The Labute approximate surface area is 129 Å². The molecular formula is CH4K2N4. The van der Waals surface area contributed by atoms with Crippen molar-refractivity contribution in [1.82, 2.24) is 20.6 Å². The normalized spacial score (nSPS) is 5.71. The van der Waals surface area contributed by atoms with Crippen LogP contribution >= 0.6 is 0 Å². The second kappa shape index (κ2) is 8.34. The van der Waals surface area contributed by atoms with Crippen molar-refractivity contribution in [3.63, 3.8) is 0 Å². The molecule has 0 amide bonds. The zero-order valence-corrected chi connectivity index (χ0v) is 10.7. The first-order valence-electron chi connectivity index (χ1n) is 1.16. The monoisotopic (exact) mass is 150 g/mol. The van der Waals surface area contributed by atoms with Gasteiger partial charge in [0.2, 0.25) is 0 Å². The van der Waals surface area contributed by atoms with E-state index in [9.17, 15) is 0 Å². The zero-order chi connectivity index (χ0) is 3.54. The smallest absolute Gasteiger partial charge is 1.00 e. The molecule has 1 rings (SSSR count). The third-order valence-corrected chi connectivity index (χ3v) is 0.270. The van der Waals surface area contributed by atoms with E-state index in [0.29, 0.717) is 0 Å². The van der Waals surface area contributed by atoms with Crippen molar-refractivity contribution in [2.75, 3.05) is 0 Å². The van der Waals surface area contributed by atoms with Gasteiger partial charge < -0.3 is 2.85 Å². The Bertz CT molecular complexity index is 73.0. The predicted molar refractivity (Wildman–Crippen MR) is 16.4 cm³/mol. The van der Waals surface area contributed by atoms with E-state index in [-0.39, 0.29) is 106 Å². The van der Waals surface area contributed by atoms with Crippen molar-refractivity contribution >= 4 is 0 Å². The maximum absolute atomic E-state index is 3.38.